The second-order valence-electron chi connectivity index (χ2n) is 6.14. The Balaban J connectivity index is 1.69. The molecule has 25 heavy (non-hydrogen) atoms. The van der Waals surface area contributed by atoms with Gasteiger partial charge in [0.25, 0.3) is 0 Å². The first-order chi connectivity index (χ1) is 12.1. The molecular weight excluding hydrogens is 314 g/mol. The van der Waals surface area contributed by atoms with Gasteiger partial charge in [-0.05, 0) is 31.0 Å². The van der Waals surface area contributed by atoms with E-state index >= 15 is 0 Å². The van der Waals surface area contributed by atoms with Gasteiger partial charge in [0.1, 0.15) is 11.9 Å². The van der Waals surface area contributed by atoms with Gasteiger partial charge in [0.15, 0.2) is 0 Å². The van der Waals surface area contributed by atoms with E-state index in [1.54, 1.807) is 6.07 Å². The zero-order valence-corrected chi connectivity index (χ0v) is 14.1. The van der Waals surface area contributed by atoms with Crippen LogP contribution in [0.2, 0.25) is 0 Å². The SMILES string of the molecule is C[C@H](Cc1c[nH]c2ccccc12)NCc1nc(N)c(C#N)cc1CO. The summed E-state index contributed by atoms with van der Waals surface area (Å²) in [5.41, 5.74) is 9.76. The summed E-state index contributed by atoms with van der Waals surface area (Å²) < 4.78 is 0. The lowest BCUT2D eigenvalue weighted by Crippen LogP contribution is -2.28. The normalized spacial score (nSPS) is 12.2. The summed E-state index contributed by atoms with van der Waals surface area (Å²) in [7, 11) is 0. The number of aliphatic hydroxyl groups excluding tert-OH is 1. The van der Waals surface area contributed by atoms with Gasteiger partial charge in [0.2, 0.25) is 0 Å². The average Bonchev–Trinajstić information content (AvgIpc) is 3.03. The minimum Gasteiger partial charge on any atom is -0.392 e. The van der Waals surface area contributed by atoms with Gasteiger partial charge in [-0.3, -0.25) is 0 Å². The molecule has 1 atom stereocenters. The second-order valence-corrected chi connectivity index (χ2v) is 6.14. The van der Waals surface area contributed by atoms with Crippen LogP contribution in [0.3, 0.4) is 0 Å². The number of nitrogens with zero attached hydrogens (tertiary/aromatic N) is 2. The molecular formula is C19H21N5O. The summed E-state index contributed by atoms with van der Waals surface area (Å²) in [5, 5.41) is 23.2. The Labute approximate surface area is 146 Å². The predicted octanol–water partition coefficient (Wildman–Crippen LogP) is 2.23. The molecule has 0 bridgehead atoms. The van der Waals surface area contributed by atoms with E-state index in [4.69, 9.17) is 11.0 Å². The van der Waals surface area contributed by atoms with Gasteiger partial charge in [-0.25, -0.2) is 4.98 Å². The first-order valence-corrected chi connectivity index (χ1v) is 8.20. The Kier molecular flexibility index (Phi) is 4.98. The van der Waals surface area contributed by atoms with Crippen LogP contribution in [0.25, 0.3) is 10.9 Å². The molecule has 6 nitrogen and oxygen atoms in total. The zero-order valence-electron chi connectivity index (χ0n) is 14.1. The van der Waals surface area contributed by atoms with Crippen LogP contribution in [-0.2, 0) is 19.6 Å². The number of nitriles is 1. The van der Waals surface area contributed by atoms with Crippen molar-refractivity contribution in [2.24, 2.45) is 0 Å². The van der Waals surface area contributed by atoms with Crippen LogP contribution in [0.5, 0.6) is 0 Å². The number of rotatable bonds is 6. The van der Waals surface area contributed by atoms with Crippen molar-refractivity contribution in [2.75, 3.05) is 5.73 Å². The lowest BCUT2D eigenvalue weighted by molar-refractivity contribution is 0.279. The van der Waals surface area contributed by atoms with Gasteiger partial charge >= 0.3 is 0 Å². The summed E-state index contributed by atoms with van der Waals surface area (Å²) in [6.07, 6.45) is 2.91. The van der Waals surface area contributed by atoms with Gasteiger partial charge in [0, 0.05) is 35.2 Å². The van der Waals surface area contributed by atoms with E-state index in [0.717, 1.165) is 11.9 Å². The molecule has 0 radical (unpaired) electrons. The third-order valence-electron chi connectivity index (χ3n) is 4.33. The van der Waals surface area contributed by atoms with Crippen LogP contribution in [0, 0.1) is 11.3 Å². The fourth-order valence-corrected chi connectivity index (χ4v) is 2.96. The van der Waals surface area contributed by atoms with Crippen LogP contribution < -0.4 is 11.1 Å². The van der Waals surface area contributed by atoms with E-state index in [0.29, 0.717) is 23.4 Å². The number of benzene rings is 1. The van der Waals surface area contributed by atoms with Crippen LogP contribution in [0.15, 0.2) is 36.5 Å². The molecule has 5 N–H and O–H groups in total. The number of hydrogen-bond donors (Lipinski definition) is 4. The molecule has 0 aliphatic heterocycles. The van der Waals surface area contributed by atoms with Crippen LogP contribution in [0.4, 0.5) is 5.82 Å². The largest absolute Gasteiger partial charge is 0.392 e. The number of H-pyrrole nitrogens is 1. The zero-order chi connectivity index (χ0) is 17.8. The first kappa shape index (κ1) is 17.0. The number of aliphatic hydroxyl groups is 1. The Morgan fingerprint density at radius 3 is 2.92 bits per heavy atom. The van der Waals surface area contributed by atoms with Crippen LogP contribution >= 0.6 is 0 Å². The molecule has 3 rings (SSSR count). The molecule has 0 unspecified atom stereocenters. The molecule has 0 aliphatic carbocycles. The van der Waals surface area contributed by atoms with Crippen LogP contribution in [0.1, 0.15) is 29.3 Å². The highest BCUT2D eigenvalue weighted by atomic mass is 16.3. The molecule has 2 aromatic heterocycles. The maximum Gasteiger partial charge on any atom is 0.141 e. The summed E-state index contributed by atoms with van der Waals surface area (Å²) >= 11 is 0. The van der Waals surface area contributed by atoms with Gasteiger partial charge in [0.05, 0.1) is 17.9 Å². The number of nitrogens with one attached hydrogen (secondary N) is 2. The predicted molar refractivity (Wildman–Crippen MR) is 97.6 cm³/mol. The lowest BCUT2D eigenvalue weighted by Gasteiger charge is -2.15. The third kappa shape index (κ3) is 3.63. The third-order valence-corrected chi connectivity index (χ3v) is 4.33. The Hall–Kier alpha value is -2.88. The van der Waals surface area contributed by atoms with Crippen molar-refractivity contribution in [1.82, 2.24) is 15.3 Å². The standard InChI is InChI=1S/C19H21N5O/c1-12(6-14-9-23-17-5-3-2-4-16(14)17)22-10-18-15(11-25)7-13(8-20)19(21)24-18/h2-5,7,9,12,22-23,25H,6,10-11H2,1H3,(H2,21,24)/t12-/m1/s1. The molecule has 1 aromatic carbocycles. The van der Waals surface area contributed by atoms with E-state index in [1.807, 2.05) is 24.4 Å². The molecule has 0 amide bonds. The number of anilines is 1. The Morgan fingerprint density at radius 1 is 1.36 bits per heavy atom. The molecule has 128 valence electrons. The van der Waals surface area contributed by atoms with E-state index in [9.17, 15) is 5.11 Å². The molecule has 6 heteroatoms. The lowest BCUT2D eigenvalue weighted by atomic mass is 10.1. The Bertz CT molecular complexity index is 925. The summed E-state index contributed by atoms with van der Waals surface area (Å²) in [6.45, 7) is 2.42. The van der Waals surface area contributed by atoms with Gasteiger partial charge < -0.3 is 21.1 Å². The number of hydrogen-bond acceptors (Lipinski definition) is 5. The highest BCUT2D eigenvalue weighted by Gasteiger charge is 2.12. The maximum absolute atomic E-state index is 9.50. The number of nitrogen functional groups attached to an aromatic ring is 1. The van der Waals surface area contributed by atoms with Crippen molar-refractivity contribution < 1.29 is 5.11 Å². The van der Waals surface area contributed by atoms with E-state index in [2.05, 4.69) is 34.3 Å². The summed E-state index contributed by atoms with van der Waals surface area (Å²) in [4.78, 5) is 7.55. The number of fused-ring (bicyclic) bond motifs is 1. The second kappa shape index (κ2) is 7.34. The molecule has 0 saturated carbocycles. The fourth-order valence-electron chi connectivity index (χ4n) is 2.96. The number of para-hydroxylation sites is 1. The minimum absolute atomic E-state index is 0.171. The number of aromatic amines is 1. The molecule has 0 aliphatic rings. The monoisotopic (exact) mass is 335 g/mol. The smallest absolute Gasteiger partial charge is 0.141 e. The molecule has 0 saturated heterocycles. The van der Waals surface area contributed by atoms with Gasteiger partial charge in [-0.2, -0.15) is 5.26 Å². The Morgan fingerprint density at radius 2 is 2.16 bits per heavy atom. The number of nitrogens with two attached hydrogens (primary N) is 1. The topological polar surface area (TPSA) is 111 Å². The fraction of sp³-hybridized carbons (Fsp3) is 0.263. The molecule has 0 spiro atoms. The van der Waals surface area contributed by atoms with Crippen molar-refractivity contribution in [1.29, 1.82) is 5.26 Å². The van der Waals surface area contributed by atoms with Crippen molar-refractivity contribution in [3.05, 3.63) is 58.9 Å². The molecule has 2 heterocycles. The van der Waals surface area contributed by atoms with Crippen molar-refractivity contribution in [3.63, 3.8) is 0 Å². The highest BCUT2D eigenvalue weighted by Crippen LogP contribution is 2.19. The van der Waals surface area contributed by atoms with E-state index in [-0.39, 0.29) is 18.5 Å². The average molecular weight is 335 g/mol. The maximum atomic E-state index is 9.50. The van der Waals surface area contributed by atoms with Crippen molar-refractivity contribution in [2.45, 2.75) is 32.5 Å². The van der Waals surface area contributed by atoms with Gasteiger partial charge in [-0.15, -0.1) is 0 Å². The summed E-state index contributed by atoms with van der Waals surface area (Å²) in [6, 6.07) is 12.0. The van der Waals surface area contributed by atoms with Gasteiger partial charge in [-0.1, -0.05) is 18.2 Å². The number of pyridine rings is 1. The van der Waals surface area contributed by atoms with E-state index < -0.39 is 0 Å². The first-order valence-electron chi connectivity index (χ1n) is 8.20. The van der Waals surface area contributed by atoms with Crippen molar-refractivity contribution >= 4 is 16.7 Å². The summed E-state index contributed by atoms with van der Waals surface area (Å²) in [5.74, 6) is 0.195. The van der Waals surface area contributed by atoms with E-state index in [1.165, 1.54) is 10.9 Å². The van der Waals surface area contributed by atoms with Crippen molar-refractivity contribution in [3.8, 4) is 6.07 Å². The highest BCUT2D eigenvalue weighted by molar-refractivity contribution is 5.83. The minimum atomic E-state index is -0.171. The van der Waals surface area contributed by atoms with Crippen LogP contribution in [-0.4, -0.2) is 21.1 Å². The molecule has 0 fully saturated rings. The molecule has 3 aromatic rings. The quantitative estimate of drug-likeness (QED) is 0.552. The number of aromatic nitrogens is 2.